The van der Waals surface area contributed by atoms with Crippen molar-refractivity contribution in [2.45, 2.75) is 83.3 Å². The van der Waals surface area contributed by atoms with Gasteiger partial charge in [0.1, 0.15) is 0 Å². The van der Waals surface area contributed by atoms with Gasteiger partial charge in [0, 0.05) is 37.1 Å². The maximum atomic E-state index is 4.82. The number of likely N-dealkylation sites (tertiary alicyclic amines) is 1. The number of piperidine rings is 1. The van der Waals surface area contributed by atoms with E-state index in [1.165, 1.54) is 64.3 Å². The molecular weight excluding hydrogens is 494 g/mol. The van der Waals surface area contributed by atoms with Crippen LogP contribution in [0.25, 0.3) is 10.6 Å². The van der Waals surface area contributed by atoms with Crippen LogP contribution in [0.4, 0.5) is 16.9 Å². The monoisotopic (exact) mass is 535 g/mol. The molecular formula is C28H41N9S. The normalized spacial score (nSPS) is 19.4. The lowest BCUT2D eigenvalue weighted by molar-refractivity contribution is 0.138. The van der Waals surface area contributed by atoms with E-state index in [1.807, 2.05) is 25.4 Å². The summed E-state index contributed by atoms with van der Waals surface area (Å²) in [6.45, 7) is 5.07. The van der Waals surface area contributed by atoms with E-state index < -0.39 is 0 Å². The molecule has 3 aromatic rings. The molecule has 204 valence electrons. The Morgan fingerprint density at radius 3 is 2.55 bits per heavy atom. The summed E-state index contributed by atoms with van der Waals surface area (Å²) in [6, 6.07) is 3.11. The molecule has 5 rings (SSSR count). The second-order valence-electron chi connectivity index (χ2n) is 10.9. The average molecular weight is 536 g/mol. The fraction of sp³-hybridized carbons (Fsp3) is 0.607. The van der Waals surface area contributed by atoms with Gasteiger partial charge in [0.15, 0.2) is 10.9 Å². The van der Waals surface area contributed by atoms with Gasteiger partial charge in [0.25, 0.3) is 0 Å². The smallest absolute Gasteiger partial charge is 0.223 e. The minimum Gasteiger partial charge on any atom is -0.351 e. The molecule has 0 aromatic carbocycles. The number of likely N-dealkylation sites (N-methyl/N-ethyl adjacent to an activating group) is 2. The van der Waals surface area contributed by atoms with Gasteiger partial charge in [0.05, 0.1) is 28.7 Å². The molecule has 0 spiro atoms. The largest absolute Gasteiger partial charge is 0.351 e. The SMILES string of the molecule is Cc1cc(-c2cnc(Nc3cnc(CN(C)CC4CCCCN4C)cn3)s2)nc(NC2CCCCCC2)n1. The molecule has 10 heteroatoms. The molecule has 2 fully saturated rings. The zero-order valence-electron chi connectivity index (χ0n) is 23.0. The quantitative estimate of drug-likeness (QED) is 0.345. The summed E-state index contributed by atoms with van der Waals surface area (Å²) in [7, 11) is 4.40. The number of aromatic nitrogens is 5. The van der Waals surface area contributed by atoms with Crippen LogP contribution in [0.5, 0.6) is 0 Å². The van der Waals surface area contributed by atoms with Crippen molar-refractivity contribution in [1.29, 1.82) is 0 Å². The molecule has 1 unspecified atom stereocenters. The Labute approximate surface area is 230 Å². The topological polar surface area (TPSA) is 95.0 Å². The number of rotatable bonds is 9. The minimum atomic E-state index is 0.459. The fourth-order valence-corrected chi connectivity index (χ4v) is 6.29. The van der Waals surface area contributed by atoms with E-state index in [1.54, 1.807) is 17.5 Å². The van der Waals surface area contributed by atoms with Crippen LogP contribution < -0.4 is 10.6 Å². The van der Waals surface area contributed by atoms with Crippen LogP contribution in [0.15, 0.2) is 24.7 Å². The third-order valence-corrected chi connectivity index (χ3v) is 8.55. The van der Waals surface area contributed by atoms with E-state index in [0.717, 1.165) is 46.1 Å². The highest BCUT2D eigenvalue weighted by Crippen LogP contribution is 2.30. The highest BCUT2D eigenvalue weighted by Gasteiger charge is 2.20. The molecule has 2 N–H and O–H groups in total. The first kappa shape index (κ1) is 26.9. The number of aryl methyl sites for hydroxylation is 1. The fourth-order valence-electron chi connectivity index (χ4n) is 5.50. The first-order valence-corrected chi connectivity index (χ1v) is 14.9. The van der Waals surface area contributed by atoms with Crippen molar-refractivity contribution >= 4 is 28.2 Å². The highest BCUT2D eigenvalue weighted by molar-refractivity contribution is 7.18. The number of nitrogens with zero attached hydrogens (tertiary/aromatic N) is 7. The Balaban J connectivity index is 1.17. The number of anilines is 3. The van der Waals surface area contributed by atoms with Gasteiger partial charge in [-0.2, -0.15) is 0 Å². The van der Waals surface area contributed by atoms with E-state index in [0.29, 0.717) is 17.9 Å². The van der Waals surface area contributed by atoms with Crippen molar-refractivity contribution in [2.24, 2.45) is 0 Å². The lowest BCUT2D eigenvalue weighted by atomic mass is 10.0. The predicted octanol–water partition coefficient (Wildman–Crippen LogP) is 5.49. The third kappa shape index (κ3) is 7.45. The van der Waals surface area contributed by atoms with Crippen molar-refractivity contribution in [1.82, 2.24) is 34.7 Å². The summed E-state index contributed by atoms with van der Waals surface area (Å²) in [5.74, 6) is 1.41. The third-order valence-electron chi connectivity index (χ3n) is 7.62. The van der Waals surface area contributed by atoms with Crippen molar-refractivity contribution in [3.05, 3.63) is 36.0 Å². The van der Waals surface area contributed by atoms with Gasteiger partial charge in [-0.25, -0.2) is 19.9 Å². The van der Waals surface area contributed by atoms with Crippen LogP contribution in [-0.4, -0.2) is 74.0 Å². The second-order valence-corrected chi connectivity index (χ2v) is 12.0. The van der Waals surface area contributed by atoms with Gasteiger partial charge in [-0.05, 0) is 59.3 Å². The highest BCUT2D eigenvalue weighted by atomic mass is 32.1. The number of nitrogens with one attached hydrogen (secondary N) is 2. The molecule has 0 bridgehead atoms. The molecule has 1 atom stereocenters. The first-order chi connectivity index (χ1) is 18.5. The molecule has 4 heterocycles. The molecule has 1 saturated heterocycles. The predicted molar refractivity (Wildman–Crippen MR) is 155 cm³/mol. The Bertz CT molecular complexity index is 1160. The summed E-state index contributed by atoms with van der Waals surface area (Å²) in [5, 5.41) is 7.66. The van der Waals surface area contributed by atoms with Gasteiger partial charge in [-0.3, -0.25) is 9.88 Å². The van der Waals surface area contributed by atoms with Crippen LogP contribution in [0.1, 0.15) is 69.2 Å². The molecule has 1 saturated carbocycles. The molecule has 38 heavy (non-hydrogen) atoms. The minimum absolute atomic E-state index is 0.459. The number of hydrogen-bond donors (Lipinski definition) is 2. The number of hydrogen-bond acceptors (Lipinski definition) is 10. The maximum absolute atomic E-state index is 4.82. The van der Waals surface area contributed by atoms with Gasteiger partial charge < -0.3 is 15.5 Å². The van der Waals surface area contributed by atoms with Crippen LogP contribution in [0, 0.1) is 6.92 Å². The lowest BCUT2D eigenvalue weighted by Gasteiger charge is -2.35. The van der Waals surface area contributed by atoms with Crippen LogP contribution in [0.3, 0.4) is 0 Å². The van der Waals surface area contributed by atoms with Gasteiger partial charge in [0.2, 0.25) is 5.95 Å². The Morgan fingerprint density at radius 1 is 0.974 bits per heavy atom. The zero-order chi connectivity index (χ0) is 26.3. The molecule has 3 aromatic heterocycles. The average Bonchev–Trinajstić information content (AvgIpc) is 3.22. The molecule has 1 aliphatic heterocycles. The van der Waals surface area contributed by atoms with E-state index in [2.05, 4.69) is 54.5 Å². The Morgan fingerprint density at radius 2 is 1.79 bits per heavy atom. The summed E-state index contributed by atoms with van der Waals surface area (Å²) in [4.78, 5) is 29.1. The van der Waals surface area contributed by atoms with Gasteiger partial charge in [-0.15, -0.1) is 0 Å². The first-order valence-electron chi connectivity index (χ1n) is 14.1. The van der Waals surface area contributed by atoms with Crippen molar-refractivity contribution in [2.75, 3.05) is 37.8 Å². The van der Waals surface area contributed by atoms with Crippen molar-refractivity contribution in [3.8, 4) is 10.6 Å². The molecule has 0 radical (unpaired) electrons. The van der Waals surface area contributed by atoms with Crippen LogP contribution in [-0.2, 0) is 6.54 Å². The van der Waals surface area contributed by atoms with Crippen molar-refractivity contribution < 1.29 is 0 Å². The second kappa shape index (κ2) is 12.9. The van der Waals surface area contributed by atoms with Crippen molar-refractivity contribution in [3.63, 3.8) is 0 Å². The lowest BCUT2D eigenvalue weighted by Crippen LogP contribution is -2.43. The Kier molecular flexibility index (Phi) is 9.14. The molecule has 2 aliphatic rings. The van der Waals surface area contributed by atoms with Gasteiger partial charge >= 0.3 is 0 Å². The van der Waals surface area contributed by atoms with Gasteiger partial charge in [-0.1, -0.05) is 43.4 Å². The molecule has 0 amide bonds. The standard InChI is InChI=1S/C28H41N9S/c1-20-14-24(34-27(32-20)33-21-10-6-4-5-7-11-21)25-16-31-28(38-25)35-26-17-29-22(15-30-26)18-36(2)19-23-12-8-9-13-37(23)3/h14-17,21,23H,4-13,18-19H2,1-3H3,(H,30,31,35)(H,32,33,34). The maximum Gasteiger partial charge on any atom is 0.223 e. The summed E-state index contributed by atoms with van der Waals surface area (Å²) < 4.78 is 0. The number of thiazole rings is 1. The summed E-state index contributed by atoms with van der Waals surface area (Å²) >= 11 is 1.56. The van der Waals surface area contributed by atoms with E-state index >= 15 is 0 Å². The Hall–Kier alpha value is -2.69. The van der Waals surface area contributed by atoms with E-state index in [-0.39, 0.29) is 0 Å². The molecule has 9 nitrogen and oxygen atoms in total. The zero-order valence-corrected chi connectivity index (χ0v) is 23.8. The van der Waals surface area contributed by atoms with E-state index in [9.17, 15) is 0 Å². The van der Waals surface area contributed by atoms with Crippen LogP contribution in [0.2, 0.25) is 0 Å². The summed E-state index contributed by atoms with van der Waals surface area (Å²) in [5.41, 5.74) is 2.82. The molecule has 1 aliphatic carbocycles. The van der Waals surface area contributed by atoms with Crippen LogP contribution >= 0.6 is 11.3 Å². The van der Waals surface area contributed by atoms with E-state index in [4.69, 9.17) is 4.98 Å². The summed E-state index contributed by atoms with van der Waals surface area (Å²) in [6.07, 6.45) is 17.0.